The summed E-state index contributed by atoms with van der Waals surface area (Å²) in [6, 6.07) is 12.9. The quantitative estimate of drug-likeness (QED) is 0.699. The number of hydrogen-bond acceptors (Lipinski definition) is 4. The van der Waals surface area contributed by atoms with Crippen molar-refractivity contribution in [3.63, 3.8) is 0 Å². The van der Waals surface area contributed by atoms with Crippen LogP contribution in [0.3, 0.4) is 0 Å². The fraction of sp³-hybridized carbons (Fsp3) is 0.391. The van der Waals surface area contributed by atoms with Gasteiger partial charge in [0.2, 0.25) is 0 Å². The van der Waals surface area contributed by atoms with Crippen LogP contribution in [-0.4, -0.2) is 74.2 Å². The first-order valence-corrected chi connectivity index (χ1v) is 9.99. The number of ether oxygens (including phenoxy) is 2. The molecule has 1 atom stereocenters. The predicted molar refractivity (Wildman–Crippen MR) is 111 cm³/mol. The van der Waals surface area contributed by atoms with Crippen LogP contribution in [0.4, 0.5) is 4.39 Å². The molecule has 1 unspecified atom stereocenters. The summed E-state index contributed by atoms with van der Waals surface area (Å²) in [5, 5.41) is 0. The molecule has 0 saturated carbocycles. The maximum atomic E-state index is 13.1. The Morgan fingerprint density at radius 2 is 1.80 bits per heavy atom. The lowest BCUT2D eigenvalue weighted by Crippen LogP contribution is -2.51. The Morgan fingerprint density at radius 1 is 1.13 bits per heavy atom. The van der Waals surface area contributed by atoms with Gasteiger partial charge in [-0.05, 0) is 43.3 Å². The van der Waals surface area contributed by atoms with Crippen LogP contribution in [0.1, 0.15) is 26.3 Å². The first kappa shape index (κ1) is 21.9. The summed E-state index contributed by atoms with van der Waals surface area (Å²) in [7, 11) is 1.59. The minimum Gasteiger partial charge on any atom is -0.383 e. The third-order valence-electron chi connectivity index (χ3n) is 5.09. The molecule has 0 N–H and O–H groups in total. The summed E-state index contributed by atoms with van der Waals surface area (Å²) >= 11 is 0. The molecule has 30 heavy (non-hydrogen) atoms. The molecule has 0 aliphatic carbocycles. The first-order valence-electron chi connectivity index (χ1n) is 9.99. The Labute approximate surface area is 176 Å². The van der Waals surface area contributed by atoms with Gasteiger partial charge in [0, 0.05) is 44.4 Å². The fourth-order valence-corrected chi connectivity index (χ4v) is 3.39. The molecule has 0 radical (unpaired) electrons. The van der Waals surface area contributed by atoms with Gasteiger partial charge in [-0.1, -0.05) is 17.7 Å². The normalized spacial score (nSPS) is 16.4. The Kier molecular flexibility index (Phi) is 7.54. The second kappa shape index (κ2) is 10.3. The molecule has 0 bridgehead atoms. The Balaban J connectivity index is 1.67. The van der Waals surface area contributed by atoms with Crippen molar-refractivity contribution in [3.05, 3.63) is 71.0 Å². The highest BCUT2D eigenvalue weighted by atomic mass is 19.1. The van der Waals surface area contributed by atoms with Crippen LogP contribution in [0.2, 0.25) is 0 Å². The highest BCUT2D eigenvalue weighted by Gasteiger charge is 2.28. The Hall–Kier alpha value is -2.77. The van der Waals surface area contributed by atoms with Crippen LogP contribution in [-0.2, 0) is 9.47 Å². The molecule has 1 heterocycles. The number of halogens is 1. The van der Waals surface area contributed by atoms with E-state index in [2.05, 4.69) is 0 Å². The topological polar surface area (TPSA) is 59.1 Å². The smallest absolute Gasteiger partial charge is 0.254 e. The molecule has 6 nitrogen and oxygen atoms in total. The number of benzene rings is 2. The van der Waals surface area contributed by atoms with Gasteiger partial charge in [0.1, 0.15) is 5.82 Å². The Bertz CT molecular complexity index is 855. The molecule has 3 rings (SSSR count). The van der Waals surface area contributed by atoms with E-state index in [9.17, 15) is 14.0 Å². The standard InChI is InChI=1S/C23H27FN2O4/c1-17-3-5-18(6-4-17)22(27)25(11-13-29-2)15-21-16-26(12-14-30-21)23(28)19-7-9-20(24)10-8-19/h3-10,21H,11-16H2,1-2H3. The molecule has 160 valence electrons. The monoisotopic (exact) mass is 414 g/mol. The van der Waals surface area contributed by atoms with Crippen LogP contribution in [0.25, 0.3) is 0 Å². The van der Waals surface area contributed by atoms with E-state index in [1.165, 1.54) is 24.3 Å². The highest BCUT2D eigenvalue weighted by molar-refractivity contribution is 5.95. The third-order valence-corrected chi connectivity index (χ3v) is 5.09. The molecule has 2 aromatic rings. The van der Waals surface area contributed by atoms with E-state index in [0.717, 1.165) is 5.56 Å². The summed E-state index contributed by atoms with van der Waals surface area (Å²) in [5.74, 6) is -0.649. The number of nitrogens with zero attached hydrogens (tertiary/aromatic N) is 2. The average Bonchev–Trinajstić information content (AvgIpc) is 2.77. The zero-order valence-electron chi connectivity index (χ0n) is 17.3. The van der Waals surface area contributed by atoms with Gasteiger partial charge in [-0.25, -0.2) is 4.39 Å². The van der Waals surface area contributed by atoms with Gasteiger partial charge in [-0.2, -0.15) is 0 Å². The fourth-order valence-electron chi connectivity index (χ4n) is 3.39. The Morgan fingerprint density at radius 3 is 2.47 bits per heavy atom. The molecular formula is C23H27FN2O4. The molecule has 0 spiro atoms. The molecule has 1 saturated heterocycles. The molecule has 0 aromatic heterocycles. The number of amides is 2. The number of rotatable bonds is 7. The van der Waals surface area contributed by atoms with E-state index in [1.54, 1.807) is 16.9 Å². The second-order valence-electron chi connectivity index (χ2n) is 7.36. The zero-order chi connectivity index (χ0) is 21.5. The van der Waals surface area contributed by atoms with Crippen molar-refractivity contribution in [2.75, 3.05) is 46.5 Å². The van der Waals surface area contributed by atoms with Crippen LogP contribution in [0, 0.1) is 12.7 Å². The molecule has 2 aromatic carbocycles. The maximum Gasteiger partial charge on any atom is 0.254 e. The first-order chi connectivity index (χ1) is 14.5. The SMILES string of the molecule is COCCN(CC1CN(C(=O)c2ccc(F)cc2)CCO1)C(=O)c1ccc(C)cc1. The van der Waals surface area contributed by atoms with Crippen LogP contribution < -0.4 is 0 Å². The number of morpholine rings is 1. The molecular weight excluding hydrogens is 387 g/mol. The molecule has 7 heteroatoms. The van der Waals surface area contributed by atoms with Crippen molar-refractivity contribution in [1.29, 1.82) is 0 Å². The van der Waals surface area contributed by atoms with E-state index < -0.39 is 0 Å². The predicted octanol–water partition coefficient (Wildman–Crippen LogP) is 2.76. The van der Waals surface area contributed by atoms with Crippen molar-refractivity contribution in [3.8, 4) is 0 Å². The number of carbonyl (C=O) groups is 2. The van der Waals surface area contributed by atoms with Crippen molar-refractivity contribution in [2.45, 2.75) is 13.0 Å². The van der Waals surface area contributed by atoms with Crippen LogP contribution in [0.15, 0.2) is 48.5 Å². The minimum atomic E-state index is -0.380. The van der Waals surface area contributed by atoms with Gasteiger partial charge >= 0.3 is 0 Å². The lowest BCUT2D eigenvalue weighted by atomic mass is 10.1. The van der Waals surface area contributed by atoms with Gasteiger partial charge in [0.15, 0.2) is 0 Å². The number of aryl methyl sites for hydroxylation is 1. The number of methoxy groups -OCH3 is 1. The average molecular weight is 414 g/mol. The highest BCUT2D eigenvalue weighted by Crippen LogP contribution is 2.14. The van der Waals surface area contributed by atoms with Gasteiger partial charge in [-0.15, -0.1) is 0 Å². The lowest BCUT2D eigenvalue weighted by Gasteiger charge is -2.36. The van der Waals surface area contributed by atoms with Crippen LogP contribution in [0.5, 0.6) is 0 Å². The van der Waals surface area contributed by atoms with Crippen LogP contribution >= 0.6 is 0 Å². The summed E-state index contributed by atoms with van der Waals surface area (Å²) in [6.07, 6.45) is -0.311. The molecule has 2 amide bonds. The summed E-state index contributed by atoms with van der Waals surface area (Å²) in [6.45, 7) is 4.35. The summed E-state index contributed by atoms with van der Waals surface area (Å²) in [4.78, 5) is 29.1. The summed E-state index contributed by atoms with van der Waals surface area (Å²) in [5.41, 5.74) is 2.12. The molecule has 1 aliphatic rings. The molecule has 1 aliphatic heterocycles. The van der Waals surface area contributed by atoms with Crippen molar-refractivity contribution >= 4 is 11.8 Å². The van der Waals surface area contributed by atoms with E-state index in [4.69, 9.17) is 9.47 Å². The van der Waals surface area contributed by atoms with Gasteiger partial charge in [0.25, 0.3) is 11.8 Å². The van der Waals surface area contributed by atoms with Crippen molar-refractivity contribution < 1.29 is 23.5 Å². The largest absolute Gasteiger partial charge is 0.383 e. The van der Waals surface area contributed by atoms with Gasteiger partial charge in [-0.3, -0.25) is 9.59 Å². The van der Waals surface area contributed by atoms with Gasteiger partial charge < -0.3 is 19.3 Å². The minimum absolute atomic E-state index is 0.0994. The van der Waals surface area contributed by atoms with Crippen molar-refractivity contribution in [2.24, 2.45) is 0 Å². The molecule has 1 fully saturated rings. The number of carbonyl (C=O) groups excluding carboxylic acids is 2. The second-order valence-corrected chi connectivity index (χ2v) is 7.36. The third kappa shape index (κ3) is 5.64. The van der Waals surface area contributed by atoms with E-state index >= 15 is 0 Å². The van der Waals surface area contributed by atoms with E-state index in [0.29, 0.717) is 50.5 Å². The maximum absolute atomic E-state index is 13.1. The number of hydrogen-bond donors (Lipinski definition) is 0. The van der Waals surface area contributed by atoms with E-state index in [1.807, 2.05) is 31.2 Å². The van der Waals surface area contributed by atoms with E-state index in [-0.39, 0.29) is 23.7 Å². The van der Waals surface area contributed by atoms with Crippen molar-refractivity contribution in [1.82, 2.24) is 9.80 Å². The lowest BCUT2D eigenvalue weighted by molar-refractivity contribution is -0.0347. The van der Waals surface area contributed by atoms with Gasteiger partial charge in [0.05, 0.1) is 19.3 Å². The summed E-state index contributed by atoms with van der Waals surface area (Å²) < 4.78 is 24.1. The zero-order valence-corrected chi connectivity index (χ0v) is 17.3.